The Labute approximate surface area is 165 Å². The minimum atomic E-state index is -0.186. The summed E-state index contributed by atoms with van der Waals surface area (Å²) in [6.45, 7) is 5.48. The van der Waals surface area contributed by atoms with Gasteiger partial charge in [0, 0.05) is 19.2 Å². The van der Waals surface area contributed by atoms with Crippen molar-refractivity contribution in [2.24, 2.45) is 0 Å². The summed E-state index contributed by atoms with van der Waals surface area (Å²) in [6, 6.07) is 13.4. The van der Waals surface area contributed by atoms with Gasteiger partial charge < -0.3 is 24.4 Å². The molecule has 0 radical (unpaired) electrons. The molecular formula is C22H26N2O4. The van der Waals surface area contributed by atoms with Crippen LogP contribution in [0.15, 0.2) is 48.5 Å². The van der Waals surface area contributed by atoms with Crippen LogP contribution in [0.4, 0.5) is 11.4 Å². The summed E-state index contributed by atoms with van der Waals surface area (Å²) in [7, 11) is 1.60. The number of rotatable bonds is 7. The Morgan fingerprint density at radius 1 is 1.18 bits per heavy atom. The van der Waals surface area contributed by atoms with Gasteiger partial charge in [-0.15, -0.1) is 0 Å². The number of ether oxygens (including phenoxy) is 3. The number of anilines is 2. The lowest BCUT2D eigenvalue weighted by Crippen LogP contribution is -2.36. The topological polar surface area (TPSA) is 60.0 Å². The number of hydrogen-bond acceptors (Lipinski definition) is 5. The molecule has 0 atom stereocenters. The summed E-state index contributed by atoms with van der Waals surface area (Å²) in [4.78, 5) is 14.7. The molecule has 28 heavy (non-hydrogen) atoms. The fourth-order valence-corrected chi connectivity index (χ4v) is 3.07. The average molecular weight is 382 g/mol. The summed E-state index contributed by atoms with van der Waals surface area (Å²) in [5.74, 6) is 1.14. The number of carbonyl (C=O) groups excluding carboxylic acids is 1. The van der Waals surface area contributed by atoms with E-state index in [0.29, 0.717) is 31.3 Å². The van der Waals surface area contributed by atoms with Crippen LogP contribution in [-0.2, 0) is 9.53 Å². The SMILES string of the molecule is CCOc1cc(/C=C/C(=O)Nc2ccccc2N2CCOCC2)ccc1OC. The number of hydrogen-bond donors (Lipinski definition) is 1. The molecule has 1 heterocycles. The molecule has 3 rings (SSSR count). The van der Waals surface area contributed by atoms with Crippen LogP contribution in [0, 0.1) is 0 Å². The first-order valence-electron chi connectivity index (χ1n) is 9.43. The molecule has 0 saturated carbocycles. The monoisotopic (exact) mass is 382 g/mol. The summed E-state index contributed by atoms with van der Waals surface area (Å²) in [5.41, 5.74) is 2.67. The van der Waals surface area contributed by atoms with Gasteiger partial charge in [0.25, 0.3) is 0 Å². The van der Waals surface area contributed by atoms with Crippen molar-refractivity contribution >= 4 is 23.4 Å². The van der Waals surface area contributed by atoms with Crippen molar-refractivity contribution in [2.45, 2.75) is 6.92 Å². The Kier molecular flexibility index (Phi) is 6.92. The van der Waals surface area contributed by atoms with Crippen molar-refractivity contribution in [3.63, 3.8) is 0 Å². The van der Waals surface area contributed by atoms with E-state index in [0.717, 1.165) is 30.0 Å². The minimum Gasteiger partial charge on any atom is -0.493 e. The third-order valence-corrected chi connectivity index (χ3v) is 4.43. The zero-order chi connectivity index (χ0) is 19.8. The van der Waals surface area contributed by atoms with Gasteiger partial charge in [-0.3, -0.25) is 4.79 Å². The number of methoxy groups -OCH3 is 1. The first-order chi connectivity index (χ1) is 13.7. The lowest BCUT2D eigenvalue weighted by Gasteiger charge is -2.30. The van der Waals surface area contributed by atoms with Gasteiger partial charge in [0.1, 0.15) is 0 Å². The molecular weight excluding hydrogens is 356 g/mol. The highest BCUT2D eigenvalue weighted by Gasteiger charge is 2.15. The maximum Gasteiger partial charge on any atom is 0.248 e. The van der Waals surface area contributed by atoms with Gasteiger partial charge in [-0.1, -0.05) is 18.2 Å². The van der Waals surface area contributed by atoms with E-state index < -0.39 is 0 Å². The Morgan fingerprint density at radius 2 is 1.96 bits per heavy atom. The maximum absolute atomic E-state index is 12.5. The third kappa shape index (κ3) is 5.04. The lowest BCUT2D eigenvalue weighted by atomic mass is 10.2. The van der Waals surface area contributed by atoms with E-state index in [1.807, 2.05) is 49.4 Å². The van der Waals surface area contributed by atoms with Crippen molar-refractivity contribution in [1.29, 1.82) is 0 Å². The summed E-state index contributed by atoms with van der Waals surface area (Å²) in [5, 5.41) is 2.98. The number of nitrogens with zero attached hydrogens (tertiary/aromatic N) is 1. The van der Waals surface area contributed by atoms with Crippen LogP contribution in [0.5, 0.6) is 11.5 Å². The van der Waals surface area contributed by atoms with Gasteiger partial charge in [0.15, 0.2) is 11.5 Å². The molecule has 1 N–H and O–H groups in total. The van der Waals surface area contributed by atoms with Gasteiger partial charge in [0.2, 0.25) is 5.91 Å². The Bertz CT molecular complexity index is 829. The Morgan fingerprint density at radius 3 is 2.71 bits per heavy atom. The molecule has 2 aromatic rings. The summed E-state index contributed by atoms with van der Waals surface area (Å²) >= 11 is 0. The average Bonchev–Trinajstić information content (AvgIpc) is 2.74. The molecule has 1 aliphatic heterocycles. The summed E-state index contributed by atoms with van der Waals surface area (Å²) < 4.78 is 16.3. The van der Waals surface area contributed by atoms with Gasteiger partial charge in [0.05, 0.1) is 38.3 Å². The van der Waals surface area contributed by atoms with E-state index in [1.54, 1.807) is 13.2 Å². The zero-order valence-corrected chi connectivity index (χ0v) is 16.3. The molecule has 0 unspecified atom stereocenters. The lowest BCUT2D eigenvalue weighted by molar-refractivity contribution is -0.111. The first kappa shape index (κ1) is 19.8. The zero-order valence-electron chi connectivity index (χ0n) is 16.3. The van der Waals surface area contributed by atoms with Crippen molar-refractivity contribution in [3.8, 4) is 11.5 Å². The summed E-state index contributed by atoms with van der Waals surface area (Å²) in [6.07, 6.45) is 3.28. The number of morpholine rings is 1. The number of para-hydroxylation sites is 2. The molecule has 0 bridgehead atoms. The highest BCUT2D eigenvalue weighted by atomic mass is 16.5. The van der Waals surface area contributed by atoms with Crippen molar-refractivity contribution in [3.05, 3.63) is 54.1 Å². The minimum absolute atomic E-state index is 0.186. The normalized spacial score (nSPS) is 14.1. The van der Waals surface area contributed by atoms with Crippen molar-refractivity contribution in [1.82, 2.24) is 0 Å². The largest absolute Gasteiger partial charge is 0.493 e. The molecule has 1 aliphatic rings. The van der Waals surface area contributed by atoms with Crippen LogP contribution in [-0.4, -0.2) is 45.9 Å². The predicted octanol–water partition coefficient (Wildman–Crippen LogP) is 3.58. The standard InChI is InChI=1S/C22H26N2O4/c1-3-28-21-16-17(8-10-20(21)26-2)9-11-22(25)23-18-6-4-5-7-19(18)24-12-14-27-15-13-24/h4-11,16H,3,12-15H2,1-2H3,(H,23,25)/b11-9+. The molecule has 0 spiro atoms. The molecule has 1 fully saturated rings. The second kappa shape index (κ2) is 9.80. The number of carbonyl (C=O) groups is 1. The molecule has 2 aromatic carbocycles. The fraction of sp³-hybridized carbons (Fsp3) is 0.318. The van der Waals surface area contributed by atoms with Crippen molar-refractivity contribution in [2.75, 3.05) is 50.2 Å². The molecule has 6 nitrogen and oxygen atoms in total. The van der Waals surface area contributed by atoms with Crippen LogP contribution in [0.2, 0.25) is 0 Å². The molecule has 148 valence electrons. The van der Waals surface area contributed by atoms with E-state index in [-0.39, 0.29) is 5.91 Å². The smallest absolute Gasteiger partial charge is 0.248 e. The van der Waals surface area contributed by atoms with Crippen LogP contribution in [0.25, 0.3) is 6.08 Å². The molecule has 0 aliphatic carbocycles. The first-order valence-corrected chi connectivity index (χ1v) is 9.43. The van der Waals surface area contributed by atoms with E-state index in [9.17, 15) is 4.79 Å². The predicted molar refractivity (Wildman–Crippen MR) is 111 cm³/mol. The Balaban J connectivity index is 1.70. The van der Waals surface area contributed by atoms with Crippen LogP contribution in [0.3, 0.4) is 0 Å². The van der Waals surface area contributed by atoms with Gasteiger partial charge in [-0.25, -0.2) is 0 Å². The highest BCUT2D eigenvalue weighted by Crippen LogP contribution is 2.29. The number of amides is 1. The molecule has 1 saturated heterocycles. The van der Waals surface area contributed by atoms with Gasteiger partial charge in [-0.05, 0) is 42.8 Å². The third-order valence-electron chi connectivity index (χ3n) is 4.43. The molecule has 6 heteroatoms. The second-order valence-electron chi connectivity index (χ2n) is 6.28. The fourth-order valence-electron chi connectivity index (χ4n) is 3.07. The number of benzene rings is 2. The van der Waals surface area contributed by atoms with Gasteiger partial charge >= 0.3 is 0 Å². The second-order valence-corrected chi connectivity index (χ2v) is 6.28. The van der Waals surface area contributed by atoms with Gasteiger partial charge in [-0.2, -0.15) is 0 Å². The number of nitrogens with one attached hydrogen (secondary N) is 1. The Hall–Kier alpha value is -2.99. The van der Waals surface area contributed by atoms with Crippen LogP contribution < -0.4 is 19.7 Å². The quantitative estimate of drug-likeness (QED) is 0.742. The maximum atomic E-state index is 12.5. The van der Waals surface area contributed by atoms with E-state index >= 15 is 0 Å². The van der Waals surface area contributed by atoms with Crippen molar-refractivity contribution < 1.29 is 19.0 Å². The van der Waals surface area contributed by atoms with Crippen LogP contribution >= 0.6 is 0 Å². The van der Waals surface area contributed by atoms with E-state index in [2.05, 4.69) is 10.2 Å². The molecule has 1 amide bonds. The molecule has 0 aromatic heterocycles. The highest BCUT2D eigenvalue weighted by molar-refractivity contribution is 6.03. The van der Waals surface area contributed by atoms with E-state index in [4.69, 9.17) is 14.2 Å². The van der Waals surface area contributed by atoms with Crippen LogP contribution in [0.1, 0.15) is 12.5 Å². The van der Waals surface area contributed by atoms with E-state index in [1.165, 1.54) is 6.08 Å².